The molecule has 118 valence electrons. The number of rotatable bonds is 5. The summed E-state index contributed by atoms with van der Waals surface area (Å²) in [4.78, 5) is 10.8. The molecule has 2 aromatic rings. The fourth-order valence-corrected chi connectivity index (χ4v) is 3.11. The SMILES string of the molecule is Cn1cc(CN(Cc2cncnc2)[C@H]2CCCNCC2)cn1. The molecule has 0 bridgehead atoms. The van der Waals surface area contributed by atoms with Crippen molar-refractivity contribution in [3.63, 3.8) is 0 Å². The van der Waals surface area contributed by atoms with Gasteiger partial charge < -0.3 is 5.32 Å². The van der Waals surface area contributed by atoms with Crippen LogP contribution in [0.3, 0.4) is 0 Å². The molecule has 0 spiro atoms. The first-order chi connectivity index (χ1) is 10.8. The van der Waals surface area contributed by atoms with E-state index in [9.17, 15) is 0 Å². The van der Waals surface area contributed by atoms with Crippen LogP contribution in [0.5, 0.6) is 0 Å². The highest BCUT2D eigenvalue weighted by Crippen LogP contribution is 2.19. The molecule has 1 atom stereocenters. The zero-order valence-corrected chi connectivity index (χ0v) is 13.1. The first-order valence-corrected chi connectivity index (χ1v) is 7.97. The van der Waals surface area contributed by atoms with Gasteiger partial charge in [0.25, 0.3) is 0 Å². The molecule has 3 rings (SSSR count). The molecular formula is C16H24N6. The van der Waals surface area contributed by atoms with Crippen LogP contribution in [0.2, 0.25) is 0 Å². The standard InChI is InChI=1S/C16H24N6/c1-21-10-15(9-20-21)12-22(11-14-7-18-13-19-8-14)16-3-2-5-17-6-4-16/h7-10,13,16-17H,2-6,11-12H2,1H3/t16-/m0/s1. The Hall–Kier alpha value is -1.79. The van der Waals surface area contributed by atoms with Crippen molar-refractivity contribution in [3.8, 4) is 0 Å². The van der Waals surface area contributed by atoms with Gasteiger partial charge in [0.15, 0.2) is 0 Å². The molecule has 0 amide bonds. The highest BCUT2D eigenvalue weighted by molar-refractivity contribution is 5.07. The fourth-order valence-electron chi connectivity index (χ4n) is 3.11. The molecule has 1 saturated heterocycles. The average molecular weight is 300 g/mol. The predicted molar refractivity (Wildman–Crippen MR) is 85.0 cm³/mol. The summed E-state index contributed by atoms with van der Waals surface area (Å²) in [6.07, 6.45) is 13.1. The molecule has 2 aromatic heterocycles. The molecule has 1 aliphatic heterocycles. The van der Waals surface area contributed by atoms with Crippen LogP contribution in [0.4, 0.5) is 0 Å². The van der Waals surface area contributed by atoms with Crippen molar-refractivity contribution in [2.75, 3.05) is 13.1 Å². The van der Waals surface area contributed by atoms with E-state index in [0.29, 0.717) is 6.04 Å². The molecule has 0 saturated carbocycles. The number of nitrogens with one attached hydrogen (secondary N) is 1. The summed E-state index contributed by atoms with van der Waals surface area (Å²) in [5, 5.41) is 7.79. The Morgan fingerprint density at radius 2 is 1.95 bits per heavy atom. The first-order valence-electron chi connectivity index (χ1n) is 7.97. The van der Waals surface area contributed by atoms with Crippen LogP contribution in [0.1, 0.15) is 30.4 Å². The molecule has 1 aliphatic rings. The van der Waals surface area contributed by atoms with Gasteiger partial charge in [0.1, 0.15) is 6.33 Å². The molecule has 6 heteroatoms. The van der Waals surface area contributed by atoms with E-state index in [1.807, 2.05) is 30.3 Å². The van der Waals surface area contributed by atoms with Gasteiger partial charge in [-0.2, -0.15) is 5.10 Å². The maximum Gasteiger partial charge on any atom is 0.115 e. The van der Waals surface area contributed by atoms with Crippen molar-refractivity contribution >= 4 is 0 Å². The van der Waals surface area contributed by atoms with Gasteiger partial charge in [0, 0.05) is 55.9 Å². The van der Waals surface area contributed by atoms with Crippen molar-refractivity contribution in [1.29, 1.82) is 0 Å². The van der Waals surface area contributed by atoms with Crippen LogP contribution >= 0.6 is 0 Å². The van der Waals surface area contributed by atoms with Gasteiger partial charge in [-0.15, -0.1) is 0 Å². The second kappa shape index (κ2) is 7.47. The highest BCUT2D eigenvalue weighted by atomic mass is 15.2. The number of aromatic nitrogens is 4. The maximum atomic E-state index is 4.29. The van der Waals surface area contributed by atoms with Gasteiger partial charge in [0.05, 0.1) is 6.20 Å². The quantitative estimate of drug-likeness (QED) is 0.903. The Kier molecular flexibility index (Phi) is 5.13. The number of hydrogen-bond acceptors (Lipinski definition) is 5. The molecule has 0 aromatic carbocycles. The lowest BCUT2D eigenvalue weighted by Crippen LogP contribution is -2.35. The topological polar surface area (TPSA) is 58.9 Å². The third-order valence-corrected chi connectivity index (χ3v) is 4.21. The molecule has 3 heterocycles. The van der Waals surface area contributed by atoms with Gasteiger partial charge in [-0.3, -0.25) is 9.58 Å². The van der Waals surface area contributed by atoms with Crippen LogP contribution in [0.25, 0.3) is 0 Å². The normalized spacial score (nSPS) is 19.3. The Morgan fingerprint density at radius 3 is 2.73 bits per heavy atom. The van der Waals surface area contributed by atoms with Crippen LogP contribution in [-0.2, 0) is 20.1 Å². The minimum atomic E-state index is 0.593. The van der Waals surface area contributed by atoms with Gasteiger partial charge in [-0.25, -0.2) is 9.97 Å². The van der Waals surface area contributed by atoms with E-state index in [0.717, 1.165) is 26.2 Å². The highest BCUT2D eigenvalue weighted by Gasteiger charge is 2.21. The predicted octanol–water partition coefficient (Wildman–Crippen LogP) is 1.35. The fraction of sp³-hybridized carbons (Fsp3) is 0.562. The number of nitrogens with zero attached hydrogens (tertiary/aromatic N) is 5. The summed E-state index contributed by atoms with van der Waals surface area (Å²) in [5.74, 6) is 0. The van der Waals surface area contributed by atoms with E-state index in [1.54, 1.807) is 6.33 Å². The van der Waals surface area contributed by atoms with Gasteiger partial charge in [0.2, 0.25) is 0 Å². The summed E-state index contributed by atoms with van der Waals surface area (Å²) in [7, 11) is 1.97. The molecule has 1 N–H and O–H groups in total. The van der Waals surface area contributed by atoms with Gasteiger partial charge in [-0.05, 0) is 32.4 Å². The molecule has 1 fully saturated rings. The van der Waals surface area contributed by atoms with Crippen molar-refractivity contribution in [3.05, 3.63) is 42.2 Å². The van der Waals surface area contributed by atoms with Crippen molar-refractivity contribution in [2.45, 2.75) is 38.4 Å². The first kappa shape index (κ1) is 15.1. The Labute approximate surface area is 131 Å². The van der Waals surface area contributed by atoms with E-state index in [2.05, 4.69) is 31.5 Å². The number of aryl methyl sites for hydroxylation is 1. The summed E-state index contributed by atoms with van der Waals surface area (Å²) < 4.78 is 1.87. The van der Waals surface area contributed by atoms with E-state index in [1.165, 1.54) is 30.4 Å². The lowest BCUT2D eigenvalue weighted by Gasteiger charge is -2.30. The minimum absolute atomic E-state index is 0.593. The zero-order chi connectivity index (χ0) is 15.2. The van der Waals surface area contributed by atoms with Crippen LogP contribution in [0, 0.1) is 0 Å². The Balaban J connectivity index is 1.74. The lowest BCUT2D eigenvalue weighted by molar-refractivity contribution is 0.164. The Bertz CT molecular complexity index is 559. The minimum Gasteiger partial charge on any atom is -0.317 e. The third kappa shape index (κ3) is 4.11. The van der Waals surface area contributed by atoms with E-state index >= 15 is 0 Å². The molecule has 22 heavy (non-hydrogen) atoms. The zero-order valence-electron chi connectivity index (χ0n) is 13.1. The average Bonchev–Trinajstić information content (AvgIpc) is 2.78. The van der Waals surface area contributed by atoms with E-state index in [-0.39, 0.29) is 0 Å². The van der Waals surface area contributed by atoms with Gasteiger partial charge >= 0.3 is 0 Å². The van der Waals surface area contributed by atoms with Crippen LogP contribution in [-0.4, -0.2) is 43.8 Å². The van der Waals surface area contributed by atoms with Crippen molar-refractivity contribution in [1.82, 2.24) is 30.0 Å². The summed E-state index contributed by atoms with van der Waals surface area (Å²) >= 11 is 0. The largest absolute Gasteiger partial charge is 0.317 e. The summed E-state index contributed by atoms with van der Waals surface area (Å²) in [6, 6.07) is 0.593. The van der Waals surface area contributed by atoms with Crippen LogP contribution < -0.4 is 5.32 Å². The maximum absolute atomic E-state index is 4.29. The molecule has 0 aliphatic carbocycles. The van der Waals surface area contributed by atoms with Crippen molar-refractivity contribution in [2.24, 2.45) is 7.05 Å². The number of hydrogen-bond donors (Lipinski definition) is 1. The third-order valence-electron chi connectivity index (χ3n) is 4.21. The Morgan fingerprint density at radius 1 is 1.14 bits per heavy atom. The molecule has 0 unspecified atom stereocenters. The second-order valence-corrected chi connectivity index (χ2v) is 6.01. The van der Waals surface area contributed by atoms with Gasteiger partial charge in [-0.1, -0.05) is 0 Å². The molecular weight excluding hydrogens is 276 g/mol. The van der Waals surface area contributed by atoms with Crippen LogP contribution in [0.15, 0.2) is 31.1 Å². The van der Waals surface area contributed by atoms with E-state index in [4.69, 9.17) is 0 Å². The van der Waals surface area contributed by atoms with E-state index < -0.39 is 0 Å². The molecule has 0 radical (unpaired) electrons. The lowest BCUT2D eigenvalue weighted by atomic mass is 10.1. The summed E-state index contributed by atoms with van der Waals surface area (Å²) in [5.41, 5.74) is 2.43. The smallest absolute Gasteiger partial charge is 0.115 e. The molecule has 6 nitrogen and oxygen atoms in total. The second-order valence-electron chi connectivity index (χ2n) is 6.01. The monoisotopic (exact) mass is 300 g/mol. The van der Waals surface area contributed by atoms with Crippen molar-refractivity contribution < 1.29 is 0 Å². The summed E-state index contributed by atoms with van der Waals surface area (Å²) in [6.45, 7) is 4.04.